The molecule has 0 aliphatic rings. The maximum absolute atomic E-state index is 12.1. The van der Waals surface area contributed by atoms with Crippen molar-refractivity contribution in [3.05, 3.63) is 101 Å². The van der Waals surface area contributed by atoms with E-state index in [1.165, 1.54) is 24.3 Å². The number of carboxylic acids is 3. The Bertz CT molecular complexity index is 1670. The second kappa shape index (κ2) is 9.71. The molecule has 0 amide bonds. The third-order valence-corrected chi connectivity index (χ3v) is 6.87. The zero-order chi connectivity index (χ0) is 26.1. The van der Waals surface area contributed by atoms with Crippen LogP contribution in [0.5, 0.6) is 0 Å². The molecule has 3 N–H and O–H groups in total. The molecule has 6 nitrogen and oxygen atoms in total. The number of thiol groups is 1. The molecular formula is C29H22O6S. The summed E-state index contributed by atoms with van der Waals surface area (Å²) >= 11 is 4.76. The molecule has 0 saturated carbocycles. The minimum atomic E-state index is -1.23. The van der Waals surface area contributed by atoms with Crippen LogP contribution in [0, 0.1) is 13.8 Å². The first-order valence-electron chi connectivity index (χ1n) is 11.0. The fourth-order valence-corrected chi connectivity index (χ4v) is 4.91. The van der Waals surface area contributed by atoms with Gasteiger partial charge in [0, 0.05) is 15.7 Å². The monoisotopic (exact) mass is 498 g/mol. The van der Waals surface area contributed by atoms with Crippen molar-refractivity contribution in [1.29, 1.82) is 0 Å². The van der Waals surface area contributed by atoms with Gasteiger partial charge in [0.2, 0.25) is 0 Å². The lowest BCUT2D eigenvalue weighted by Crippen LogP contribution is -2.06. The van der Waals surface area contributed by atoms with E-state index in [1.807, 2.05) is 50.2 Å². The molecule has 0 aliphatic heterocycles. The molecule has 0 spiro atoms. The molecule has 180 valence electrons. The Morgan fingerprint density at radius 3 is 1.36 bits per heavy atom. The van der Waals surface area contributed by atoms with Crippen molar-refractivity contribution in [3.63, 3.8) is 0 Å². The van der Waals surface area contributed by atoms with Gasteiger partial charge in [-0.25, -0.2) is 14.4 Å². The number of carbonyl (C=O) groups is 3. The van der Waals surface area contributed by atoms with Gasteiger partial charge in [-0.15, -0.1) is 12.6 Å². The summed E-state index contributed by atoms with van der Waals surface area (Å²) in [5, 5.41) is 32.9. The third kappa shape index (κ3) is 4.14. The molecule has 7 heteroatoms. The topological polar surface area (TPSA) is 112 Å². The van der Waals surface area contributed by atoms with Crippen LogP contribution in [0.25, 0.3) is 32.3 Å². The fourth-order valence-electron chi connectivity index (χ4n) is 4.51. The highest BCUT2D eigenvalue weighted by molar-refractivity contribution is 7.80. The number of carboxylic acid groups (broad SMARTS) is 3. The highest BCUT2D eigenvalue weighted by Crippen LogP contribution is 2.42. The van der Waals surface area contributed by atoms with Crippen LogP contribution in [0.15, 0.2) is 77.7 Å². The van der Waals surface area contributed by atoms with E-state index in [2.05, 4.69) is 12.1 Å². The van der Waals surface area contributed by atoms with Crippen molar-refractivity contribution in [2.45, 2.75) is 18.7 Å². The summed E-state index contributed by atoms with van der Waals surface area (Å²) in [4.78, 5) is 33.8. The Morgan fingerprint density at radius 2 is 0.944 bits per heavy atom. The Kier molecular flexibility index (Phi) is 6.68. The predicted molar refractivity (Wildman–Crippen MR) is 143 cm³/mol. The van der Waals surface area contributed by atoms with E-state index in [0.29, 0.717) is 5.56 Å². The smallest absolute Gasteiger partial charge is 0.336 e. The molecule has 5 aromatic carbocycles. The third-order valence-electron chi connectivity index (χ3n) is 6.31. The number of fused-ring (bicyclic) bond motifs is 6. The molecule has 0 radical (unpaired) electrons. The lowest BCUT2D eigenvalue weighted by atomic mass is 9.88. The number of rotatable bonds is 3. The number of hydrogen-bond donors (Lipinski definition) is 4. The fraction of sp³-hybridized carbons (Fsp3) is 0.0690. The molecule has 0 saturated heterocycles. The molecule has 5 rings (SSSR count). The van der Waals surface area contributed by atoms with E-state index >= 15 is 0 Å². The van der Waals surface area contributed by atoms with Crippen LogP contribution >= 0.6 is 12.6 Å². The van der Waals surface area contributed by atoms with Crippen molar-refractivity contribution >= 4 is 62.9 Å². The van der Waals surface area contributed by atoms with E-state index in [9.17, 15) is 19.5 Å². The van der Waals surface area contributed by atoms with Crippen molar-refractivity contribution < 1.29 is 29.7 Å². The van der Waals surface area contributed by atoms with Crippen LogP contribution in [0.1, 0.15) is 42.2 Å². The van der Waals surface area contributed by atoms with Gasteiger partial charge in [-0.1, -0.05) is 60.7 Å². The molecule has 36 heavy (non-hydrogen) atoms. The first kappa shape index (κ1) is 24.8. The Balaban J connectivity index is 0.000000214. The van der Waals surface area contributed by atoms with Crippen LogP contribution in [-0.2, 0) is 0 Å². The summed E-state index contributed by atoms with van der Waals surface area (Å²) in [5.74, 6) is -3.35. The molecule has 0 heterocycles. The van der Waals surface area contributed by atoms with Crippen LogP contribution in [-0.4, -0.2) is 33.2 Å². The first-order valence-corrected chi connectivity index (χ1v) is 11.4. The van der Waals surface area contributed by atoms with Crippen LogP contribution in [0.4, 0.5) is 0 Å². The summed E-state index contributed by atoms with van der Waals surface area (Å²) in [7, 11) is 0. The van der Waals surface area contributed by atoms with E-state index in [0.717, 1.165) is 48.3 Å². The molecule has 5 aromatic rings. The van der Waals surface area contributed by atoms with Gasteiger partial charge in [-0.2, -0.15) is 0 Å². The van der Waals surface area contributed by atoms with E-state index in [-0.39, 0.29) is 11.1 Å². The van der Waals surface area contributed by atoms with E-state index in [4.69, 9.17) is 22.8 Å². The van der Waals surface area contributed by atoms with Gasteiger partial charge in [-0.3, -0.25) is 0 Å². The average molecular weight is 499 g/mol. The molecule has 0 unspecified atom stereocenters. The van der Waals surface area contributed by atoms with Gasteiger partial charge >= 0.3 is 17.9 Å². The van der Waals surface area contributed by atoms with Gasteiger partial charge in [0.15, 0.2) is 0 Å². The maximum atomic E-state index is 12.1. The largest absolute Gasteiger partial charge is 0.478 e. The minimum Gasteiger partial charge on any atom is -0.478 e. The van der Waals surface area contributed by atoms with Gasteiger partial charge in [0.1, 0.15) is 0 Å². The highest BCUT2D eigenvalue weighted by atomic mass is 32.1. The molecule has 0 bridgehead atoms. The average Bonchev–Trinajstić information content (AvgIpc) is 2.87. The lowest BCUT2D eigenvalue weighted by molar-refractivity contribution is 0.0651. The standard InChI is InChI=1S/C21H16O2S.C8H6O4/c1-11-12(2)20(24)19-16-10-6-4-8-14(16)13-7-3-5-9-15(13)18(19)17(11)21(22)23;9-7(10)5-3-1-2-4-6(5)8(11)12/h3-10,24H,1-2H3,(H,22,23);1-4H,(H,9,10)(H,11,12). The van der Waals surface area contributed by atoms with Gasteiger partial charge in [0.25, 0.3) is 0 Å². The molecular weight excluding hydrogens is 476 g/mol. The highest BCUT2D eigenvalue weighted by Gasteiger charge is 2.21. The van der Waals surface area contributed by atoms with Crippen molar-refractivity contribution in [3.8, 4) is 0 Å². The van der Waals surface area contributed by atoms with Crippen molar-refractivity contribution in [1.82, 2.24) is 0 Å². The Labute approximate surface area is 211 Å². The molecule has 0 atom stereocenters. The van der Waals surface area contributed by atoms with Gasteiger partial charge < -0.3 is 15.3 Å². The summed E-state index contributed by atoms with van der Waals surface area (Å²) in [6.07, 6.45) is 0. The molecule has 0 aliphatic carbocycles. The quantitative estimate of drug-likeness (QED) is 0.160. The SMILES string of the molecule is Cc1c(C)c(C(=O)O)c2c3ccccc3c3ccccc3c2c1S.O=C(O)c1ccccc1C(=O)O. The molecule has 0 fully saturated rings. The Hall–Kier alpha value is -4.36. The van der Waals surface area contributed by atoms with Crippen LogP contribution in [0.3, 0.4) is 0 Å². The summed E-state index contributed by atoms with van der Waals surface area (Å²) in [6, 6.07) is 21.6. The zero-order valence-corrected chi connectivity index (χ0v) is 20.3. The summed E-state index contributed by atoms with van der Waals surface area (Å²) < 4.78 is 0. The van der Waals surface area contributed by atoms with Crippen LogP contribution in [0.2, 0.25) is 0 Å². The second-order valence-electron chi connectivity index (χ2n) is 8.28. The van der Waals surface area contributed by atoms with Crippen LogP contribution < -0.4 is 0 Å². The lowest BCUT2D eigenvalue weighted by Gasteiger charge is -2.18. The Morgan fingerprint density at radius 1 is 0.556 bits per heavy atom. The van der Waals surface area contributed by atoms with Crippen molar-refractivity contribution in [2.24, 2.45) is 0 Å². The normalized spacial score (nSPS) is 10.8. The zero-order valence-electron chi connectivity index (χ0n) is 19.4. The first-order chi connectivity index (χ1) is 17.1. The summed E-state index contributed by atoms with van der Waals surface area (Å²) in [5.41, 5.74) is 1.70. The van der Waals surface area contributed by atoms with E-state index < -0.39 is 17.9 Å². The summed E-state index contributed by atoms with van der Waals surface area (Å²) in [6.45, 7) is 3.80. The maximum Gasteiger partial charge on any atom is 0.336 e. The number of aromatic carboxylic acids is 3. The predicted octanol–water partition coefficient (Wildman–Crippen LogP) is 6.83. The number of benzene rings is 5. The van der Waals surface area contributed by atoms with Gasteiger partial charge in [0.05, 0.1) is 16.7 Å². The van der Waals surface area contributed by atoms with Crippen molar-refractivity contribution in [2.75, 3.05) is 0 Å². The minimum absolute atomic E-state index is 0.190. The van der Waals surface area contributed by atoms with Gasteiger partial charge in [-0.05, 0) is 58.7 Å². The second-order valence-corrected chi connectivity index (χ2v) is 8.72. The molecule has 0 aromatic heterocycles. The van der Waals surface area contributed by atoms with E-state index in [1.54, 1.807) is 0 Å². The number of hydrogen-bond acceptors (Lipinski definition) is 4.